The second-order valence-corrected chi connectivity index (χ2v) is 4.46. The van der Waals surface area contributed by atoms with E-state index in [2.05, 4.69) is 12.1 Å². The molecule has 0 radical (unpaired) electrons. The van der Waals surface area contributed by atoms with E-state index >= 15 is 0 Å². The number of aromatic hydroxyl groups is 1. The maximum atomic E-state index is 9.31. The monoisotopic (exact) mass is 266 g/mol. The van der Waals surface area contributed by atoms with Gasteiger partial charge in [-0.15, -0.1) is 0 Å². The van der Waals surface area contributed by atoms with Crippen molar-refractivity contribution in [1.82, 2.24) is 0 Å². The Morgan fingerprint density at radius 3 is 2.60 bits per heavy atom. The number of benzene rings is 2. The third-order valence-electron chi connectivity index (χ3n) is 2.83. The summed E-state index contributed by atoms with van der Waals surface area (Å²) in [4.78, 5) is 0. The molecule has 0 aliphatic carbocycles. The normalized spacial score (nSPS) is 11.2. The predicted octanol–water partition coefficient (Wildman–Crippen LogP) is 4.35. The lowest BCUT2D eigenvalue weighted by Gasteiger charge is -2.06. The Balaban J connectivity index is 1.81. The van der Waals surface area contributed by atoms with Crippen LogP contribution in [0.5, 0.6) is 11.5 Å². The fourth-order valence-electron chi connectivity index (χ4n) is 1.80. The van der Waals surface area contributed by atoms with Gasteiger partial charge in [-0.05, 0) is 42.3 Å². The van der Waals surface area contributed by atoms with E-state index < -0.39 is 0 Å². The van der Waals surface area contributed by atoms with Crippen LogP contribution >= 0.6 is 0 Å². The summed E-state index contributed by atoms with van der Waals surface area (Å²) in [5.74, 6) is 1.05. The summed E-state index contributed by atoms with van der Waals surface area (Å²) < 4.78 is 5.61. The highest BCUT2D eigenvalue weighted by Gasteiger charge is 1.98. The van der Waals surface area contributed by atoms with Crippen LogP contribution in [0.1, 0.15) is 11.1 Å². The van der Waals surface area contributed by atoms with Crippen molar-refractivity contribution in [3.8, 4) is 11.5 Å². The van der Waals surface area contributed by atoms with Gasteiger partial charge in [0.25, 0.3) is 0 Å². The van der Waals surface area contributed by atoms with Crippen LogP contribution in [0.4, 0.5) is 0 Å². The Morgan fingerprint density at radius 1 is 1.05 bits per heavy atom. The minimum absolute atomic E-state index is 0.260. The van der Waals surface area contributed by atoms with E-state index in [1.54, 1.807) is 18.2 Å². The number of hydrogen-bond acceptors (Lipinski definition) is 2. The number of ether oxygens (including phenoxy) is 1. The average Bonchev–Trinajstić information content (AvgIpc) is 2.46. The minimum Gasteiger partial charge on any atom is -0.508 e. The summed E-state index contributed by atoms with van der Waals surface area (Å²) >= 11 is 0. The molecule has 0 aliphatic rings. The molecule has 0 amide bonds. The van der Waals surface area contributed by atoms with Crippen molar-refractivity contribution in [2.75, 3.05) is 6.61 Å². The summed E-state index contributed by atoms with van der Waals surface area (Å²) in [6, 6.07) is 15.2. The van der Waals surface area contributed by atoms with Gasteiger partial charge in [0.2, 0.25) is 0 Å². The second kappa shape index (κ2) is 7.19. The first kappa shape index (κ1) is 13.9. The average molecular weight is 266 g/mol. The van der Waals surface area contributed by atoms with Crippen LogP contribution in [0, 0.1) is 6.92 Å². The zero-order chi connectivity index (χ0) is 14.2. The zero-order valence-electron chi connectivity index (χ0n) is 11.5. The van der Waals surface area contributed by atoms with E-state index in [1.165, 1.54) is 5.56 Å². The van der Waals surface area contributed by atoms with Gasteiger partial charge in [0, 0.05) is 0 Å². The van der Waals surface area contributed by atoms with Crippen LogP contribution < -0.4 is 4.74 Å². The molecule has 2 aromatic carbocycles. The molecule has 1 N–H and O–H groups in total. The lowest BCUT2D eigenvalue weighted by Crippen LogP contribution is -1.94. The fourth-order valence-corrected chi connectivity index (χ4v) is 1.80. The number of hydrogen-bond donors (Lipinski definition) is 1. The van der Waals surface area contributed by atoms with Crippen molar-refractivity contribution in [3.63, 3.8) is 0 Å². The van der Waals surface area contributed by atoms with E-state index in [1.807, 2.05) is 49.4 Å². The molecule has 0 bridgehead atoms. The van der Waals surface area contributed by atoms with Crippen molar-refractivity contribution in [1.29, 1.82) is 0 Å². The smallest absolute Gasteiger partial charge is 0.122 e. The van der Waals surface area contributed by atoms with Gasteiger partial charge < -0.3 is 9.84 Å². The molecule has 0 unspecified atom stereocenters. The summed E-state index contributed by atoms with van der Waals surface area (Å²) in [7, 11) is 0. The fraction of sp³-hybridized carbons (Fsp3) is 0.111. The van der Waals surface area contributed by atoms with Crippen LogP contribution in [0.25, 0.3) is 6.08 Å². The molecule has 0 fully saturated rings. The molecule has 0 spiro atoms. The first-order chi connectivity index (χ1) is 9.75. The SMILES string of the molecule is Cc1cc(O)ccc1OC/C=C/C=C/c1ccccc1. The van der Waals surface area contributed by atoms with Gasteiger partial charge in [-0.25, -0.2) is 0 Å². The number of phenolic OH excluding ortho intramolecular Hbond substituents is 1. The first-order valence-electron chi connectivity index (χ1n) is 6.56. The molecule has 2 rings (SSSR count). The van der Waals surface area contributed by atoms with Crippen LogP contribution in [0.3, 0.4) is 0 Å². The van der Waals surface area contributed by atoms with Crippen molar-refractivity contribution in [3.05, 3.63) is 77.9 Å². The molecule has 0 aromatic heterocycles. The molecule has 2 nitrogen and oxygen atoms in total. The van der Waals surface area contributed by atoms with E-state index in [0.717, 1.165) is 11.3 Å². The van der Waals surface area contributed by atoms with Crippen LogP contribution in [-0.4, -0.2) is 11.7 Å². The Labute approximate surface area is 119 Å². The van der Waals surface area contributed by atoms with Gasteiger partial charge in [-0.3, -0.25) is 0 Å². The summed E-state index contributed by atoms with van der Waals surface area (Å²) in [5.41, 5.74) is 2.10. The molecule has 2 heteroatoms. The highest BCUT2D eigenvalue weighted by molar-refractivity contribution is 5.50. The van der Waals surface area contributed by atoms with Crippen molar-refractivity contribution in [2.24, 2.45) is 0 Å². The third-order valence-corrected chi connectivity index (χ3v) is 2.83. The van der Waals surface area contributed by atoms with Crippen molar-refractivity contribution < 1.29 is 9.84 Å². The summed E-state index contributed by atoms with van der Waals surface area (Å²) in [5, 5.41) is 9.31. The van der Waals surface area contributed by atoms with E-state index in [-0.39, 0.29) is 5.75 Å². The van der Waals surface area contributed by atoms with Gasteiger partial charge in [-0.1, -0.05) is 48.6 Å². The predicted molar refractivity (Wildman–Crippen MR) is 83.0 cm³/mol. The number of rotatable bonds is 5. The van der Waals surface area contributed by atoms with Gasteiger partial charge in [0.05, 0.1) is 0 Å². The molecule has 0 atom stereocenters. The van der Waals surface area contributed by atoms with Gasteiger partial charge >= 0.3 is 0 Å². The second-order valence-electron chi connectivity index (χ2n) is 4.46. The lowest BCUT2D eigenvalue weighted by molar-refractivity contribution is 0.359. The molecule has 20 heavy (non-hydrogen) atoms. The molecular weight excluding hydrogens is 248 g/mol. The number of phenols is 1. The topological polar surface area (TPSA) is 29.5 Å². The highest BCUT2D eigenvalue weighted by atomic mass is 16.5. The number of allylic oxidation sites excluding steroid dienone is 2. The third kappa shape index (κ3) is 4.32. The molecule has 0 saturated carbocycles. The Morgan fingerprint density at radius 2 is 1.85 bits per heavy atom. The molecular formula is C18H18O2. The Hall–Kier alpha value is -2.48. The largest absolute Gasteiger partial charge is 0.508 e. The lowest BCUT2D eigenvalue weighted by atomic mass is 10.2. The quantitative estimate of drug-likeness (QED) is 0.815. The van der Waals surface area contributed by atoms with Gasteiger partial charge in [0.15, 0.2) is 0 Å². The molecule has 102 valence electrons. The van der Waals surface area contributed by atoms with Crippen molar-refractivity contribution in [2.45, 2.75) is 6.92 Å². The highest BCUT2D eigenvalue weighted by Crippen LogP contribution is 2.22. The molecule has 0 saturated heterocycles. The molecule has 0 heterocycles. The summed E-state index contributed by atoms with van der Waals surface area (Å²) in [6.45, 7) is 2.42. The van der Waals surface area contributed by atoms with Crippen LogP contribution in [0.2, 0.25) is 0 Å². The van der Waals surface area contributed by atoms with Gasteiger partial charge in [0.1, 0.15) is 18.1 Å². The van der Waals surface area contributed by atoms with E-state index in [4.69, 9.17) is 4.74 Å². The standard InChI is InChI=1S/C18H18O2/c1-15-14-17(19)11-12-18(15)20-13-7-3-6-10-16-8-4-2-5-9-16/h2-12,14,19H,13H2,1H3/b7-3+,10-6+. The number of aryl methyl sites for hydroxylation is 1. The maximum absolute atomic E-state index is 9.31. The Bertz CT molecular complexity index is 598. The van der Waals surface area contributed by atoms with E-state index in [9.17, 15) is 5.11 Å². The maximum Gasteiger partial charge on any atom is 0.122 e. The first-order valence-corrected chi connectivity index (χ1v) is 6.56. The van der Waals surface area contributed by atoms with Crippen LogP contribution in [-0.2, 0) is 0 Å². The van der Waals surface area contributed by atoms with E-state index in [0.29, 0.717) is 6.61 Å². The van der Waals surface area contributed by atoms with Crippen molar-refractivity contribution >= 4 is 6.08 Å². The Kier molecular flexibility index (Phi) is 5.01. The summed E-state index contributed by atoms with van der Waals surface area (Å²) in [6.07, 6.45) is 7.94. The van der Waals surface area contributed by atoms with Gasteiger partial charge in [-0.2, -0.15) is 0 Å². The molecule has 2 aromatic rings. The zero-order valence-corrected chi connectivity index (χ0v) is 11.5. The van der Waals surface area contributed by atoms with Crippen LogP contribution in [0.15, 0.2) is 66.8 Å². The minimum atomic E-state index is 0.260. The molecule has 0 aliphatic heterocycles.